The van der Waals surface area contributed by atoms with Gasteiger partial charge in [-0.15, -0.1) is 13.2 Å². The van der Waals surface area contributed by atoms with Crippen LogP contribution in [0.2, 0.25) is 0 Å². The van der Waals surface area contributed by atoms with Crippen molar-refractivity contribution in [2.75, 3.05) is 0 Å². The van der Waals surface area contributed by atoms with Gasteiger partial charge in [0, 0.05) is 0 Å². The van der Waals surface area contributed by atoms with Gasteiger partial charge < -0.3 is 4.74 Å². The molecule has 0 amide bonds. The number of unbranched alkanes of at least 4 members (excludes halogenated alkanes) is 4. The smallest absolute Gasteiger partial charge is 0.403 e. The summed E-state index contributed by atoms with van der Waals surface area (Å²) in [6, 6.07) is 2.51. The van der Waals surface area contributed by atoms with E-state index in [4.69, 9.17) is 0 Å². The van der Waals surface area contributed by atoms with Crippen molar-refractivity contribution in [3.05, 3.63) is 29.1 Å². The van der Waals surface area contributed by atoms with Gasteiger partial charge in [-0.3, -0.25) is 0 Å². The molecule has 1 fully saturated rings. The van der Waals surface area contributed by atoms with E-state index in [0.29, 0.717) is 12.3 Å². The van der Waals surface area contributed by atoms with Gasteiger partial charge in [0.05, 0.1) is 0 Å². The third-order valence-corrected chi connectivity index (χ3v) is 7.48. The van der Waals surface area contributed by atoms with Crippen LogP contribution in [0.1, 0.15) is 102 Å². The maximum Gasteiger partial charge on any atom is 0.573 e. The lowest BCUT2D eigenvalue weighted by Gasteiger charge is -2.31. The first-order valence-corrected chi connectivity index (χ1v) is 12.4. The molecule has 1 unspecified atom stereocenters. The first kappa shape index (κ1) is 24.4. The molecule has 1 aromatic carbocycles. The Morgan fingerprint density at radius 3 is 2.13 bits per heavy atom. The molecule has 5 heteroatoms. The van der Waals surface area contributed by atoms with Crippen molar-refractivity contribution in [1.29, 1.82) is 0 Å². The minimum absolute atomic E-state index is 0.512. The van der Waals surface area contributed by atoms with Gasteiger partial charge >= 0.3 is 6.36 Å². The summed E-state index contributed by atoms with van der Waals surface area (Å²) in [6.45, 7) is 2.26. The van der Waals surface area contributed by atoms with Crippen LogP contribution < -0.4 is 4.74 Å². The number of benzene rings is 1. The Bertz CT molecular complexity index is 677. The fourth-order valence-electron chi connectivity index (χ4n) is 5.60. The van der Waals surface area contributed by atoms with E-state index in [9.17, 15) is 17.6 Å². The van der Waals surface area contributed by atoms with Crippen molar-refractivity contribution in [3.63, 3.8) is 0 Å². The molecule has 176 valence electrons. The van der Waals surface area contributed by atoms with Crippen molar-refractivity contribution in [2.24, 2.45) is 17.8 Å². The molecule has 2 aliphatic rings. The zero-order valence-corrected chi connectivity index (χ0v) is 18.9. The highest BCUT2D eigenvalue weighted by Gasteiger charge is 2.33. The molecule has 2 aliphatic carbocycles. The van der Waals surface area contributed by atoms with E-state index >= 15 is 0 Å². The summed E-state index contributed by atoms with van der Waals surface area (Å²) in [5, 5.41) is 0. The second-order valence-electron chi connectivity index (χ2n) is 9.87. The van der Waals surface area contributed by atoms with E-state index in [2.05, 4.69) is 11.7 Å². The van der Waals surface area contributed by atoms with Crippen LogP contribution in [0, 0.1) is 23.6 Å². The monoisotopic (exact) mass is 442 g/mol. The second-order valence-corrected chi connectivity index (χ2v) is 9.87. The van der Waals surface area contributed by atoms with Gasteiger partial charge in [-0.2, -0.15) is 0 Å². The number of hydrogen-bond donors (Lipinski definition) is 0. The first-order chi connectivity index (χ1) is 14.8. The van der Waals surface area contributed by atoms with Crippen LogP contribution >= 0.6 is 0 Å². The Balaban J connectivity index is 1.38. The molecule has 31 heavy (non-hydrogen) atoms. The number of alkyl halides is 3. The minimum atomic E-state index is -4.86. The average Bonchev–Trinajstić information content (AvgIpc) is 2.72. The van der Waals surface area contributed by atoms with Crippen molar-refractivity contribution < 1.29 is 22.3 Å². The molecule has 0 saturated heterocycles. The highest BCUT2D eigenvalue weighted by Crippen LogP contribution is 2.38. The van der Waals surface area contributed by atoms with Crippen LogP contribution in [0.15, 0.2) is 12.1 Å². The summed E-state index contributed by atoms with van der Waals surface area (Å²) in [7, 11) is 0. The Morgan fingerprint density at radius 1 is 0.806 bits per heavy atom. The zero-order chi connectivity index (χ0) is 22.3. The summed E-state index contributed by atoms with van der Waals surface area (Å²) in [5.74, 6) is 0.640. The third-order valence-electron chi connectivity index (χ3n) is 7.48. The molecular weight excluding hydrogens is 404 g/mol. The van der Waals surface area contributed by atoms with Gasteiger partial charge in [0.15, 0.2) is 11.6 Å². The van der Waals surface area contributed by atoms with E-state index in [-0.39, 0.29) is 0 Å². The lowest BCUT2D eigenvalue weighted by molar-refractivity contribution is -0.275. The molecule has 0 radical (unpaired) electrons. The summed E-state index contributed by atoms with van der Waals surface area (Å²) < 4.78 is 55.2. The molecule has 1 nitrogen and oxygen atoms in total. The number of hydrogen-bond acceptors (Lipinski definition) is 1. The molecule has 1 saturated carbocycles. The molecule has 1 aromatic rings. The number of ether oxygens (including phenoxy) is 1. The van der Waals surface area contributed by atoms with Gasteiger partial charge in [0.25, 0.3) is 0 Å². The van der Waals surface area contributed by atoms with E-state index in [1.165, 1.54) is 82.8 Å². The normalized spacial score (nSPS) is 24.1. The van der Waals surface area contributed by atoms with Gasteiger partial charge in [-0.05, 0) is 66.7 Å². The van der Waals surface area contributed by atoms with Crippen molar-refractivity contribution in [1.82, 2.24) is 0 Å². The van der Waals surface area contributed by atoms with Crippen LogP contribution in [-0.2, 0) is 12.8 Å². The van der Waals surface area contributed by atoms with Gasteiger partial charge in [-0.1, -0.05) is 77.6 Å². The Morgan fingerprint density at radius 2 is 1.45 bits per heavy atom. The molecule has 1 atom stereocenters. The molecule has 0 heterocycles. The van der Waals surface area contributed by atoms with E-state index < -0.39 is 17.9 Å². The van der Waals surface area contributed by atoms with Crippen molar-refractivity contribution >= 4 is 0 Å². The second kappa shape index (κ2) is 11.6. The van der Waals surface area contributed by atoms with E-state index in [1.807, 2.05) is 0 Å². The maximum atomic E-state index is 14.1. The lowest BCUT2D eigenvalue weighted by Crippen LogP contribution is -2.20. The fourth-order valence-corrected chi connectivity index (χ4v) is 5.60. The minimum Gasteiger partial charge on any atom is -0.403 e. The summed E-state index contributed by atoms with van der Waals surface area (Å²) >= 11 is 0. The van der Waals surface area contributed by atoms with Crippen molar-refractivity contribution in [2.45, 2.75) is 110 Å². The Hall–Kier alpha value is -1.26. The summed E-state index contributed by atoms with van der Waals surface area (Å²) in [4.78, 5) is 0. The lowest BCUT2D eigenvalue weighted by atomic mass is 9.75. The van der Waals surface area contributed by atoms with Crippen LogP contribution in [-0.4, -0.2) is 6.36 Å². The van der Waals surface area contributed by atoms with Crippen LogP contribution in [0.5, 0.6) is 5.75 Å². The average molecular weight is 443 g/mol. The molecular formula is C26H38F4O. The fraction of sp³-hybridized carbons (Fsp3) is 0.769. The summed E-state index contributed by atoms with van der Waals surface area (Å²) in [6.07, 6.45) is 13.7. The molecule has 0 spiro atoms. The predicted molar refractivity (Wildman–Crippen MR) is 117 cm³/mol. The highest BCUT2D eigenvalue weighted by atomic mass is 19.4. The zero-order valence-electron chi connectivity index (χ0n) is 18.9. The Kier molecular flexibility index (Phi) is 9.09. The van der Waals surface area contributed by atoms with Gasteiger partial charge in [0.2, 0.25) is 0 Å². The number of rotatable bonds is 10. The van der Waals surface area contributed by atoms with Crippen LogP contribution in [0.4, 0.5) is 17.6 Å². The van der Waals surface area contributed by atoms with E-state index in [0.717, 1.165) is 42.2 Å². The largest absolute Gasteiger partial charge is 0.573 e. The maximum absolute atomic E-state index is 14.1. The van der Waals surface area contributed by atoms with Crippen molar-refractivity contribution in [3.8, 4) is 5.75 Å². The standard InChI is InChI=1S/C26H38F4O/c1-2-3-4-5-6-7-19-8-10-20(11-9-19)12-13-21-14-15-22-18-25(31-26(28,29)30)24(27)17-23(22)16-21/h17-21H,2-16H2,1H3. The summed E-state index contributed by atoms with van der Waals surface area (Å²) in [5.41, 5.74) is 1.66. The van der Waals surface area contributed by atoms with Crippen LogP contribution in [0.25, 0.3) is 0 Å². The highest BCUT2D eigenvalue weighted by molar-refractivity contribution is 5.39. The molecule has 0 aliphatic heterocycles. The number of halogens is 4. The van der Waals surface area contributed by atoms with Gasteiger partial charge in [-0.25, -0.2) is 4.39 Å². The van der Waals surface area contributed by atoms with Gasteiger partial charge in [0.1, 0.15) is 0 Å². The van der Waals surface area contributed by atoms with E-state index in [1.54, 1.807) is 0 Å². The van der Waals surface area contributed by atoms with Crippen LogP contribution in [0.3, 0.4) is 0 Å². The predicted octanol–water partition coefficient (Wildman–Crippen LogP) is 8.78. The molecule has 0 bridgehead atoms. The molecule has 3 rings (SSSR count). The third kappa shape index (κ3) is 7.98. The number of aryl methyl sites for hydroxylation is 1. The Labute approximate surface area is 184 Å². The topological polar surface area (TPSA) is 9.23 Å². The number of fused-ring (bicyclic) bond motifs is 1. The SMILES string of the molecule is CCCCCCCC1CCC(CCC2CCc3cc(OC(F)(F)F)c(F)cc3C2)CC1. The molecule has 0 aromatic heterocycles. The molecule has 0 N–H and O–H groups in total. The first-order valence-electron chi connectivity index (χ1n) is 12.4. The quantitative estimate of drug-likeness (QED) is 0.260.